The molecule has 5 aromatic rings. The number of pyridine rings is 2. The molecule has 0 unspecified atom stereocenters. The van der Waals surface area contributed by atoms with Crippen LogP contribution in [0.1, 0.15) is 22.4 Å². The molecule has 7 nitrogen and oxygen atoms in total. The molecular formula is C25H18N6O. The van der Waals surface area contributed by atoms with Crippen molar-refractivity contribution in [3.8, 4) is 5.69 Å². The van der Waals surface area contributed by atoms with Crippen LogP contribution in [-0.4, -0.2) is 29.5 Å². The van der Waals surface area contributed by atoms with Crippen LogP contribution in [0, 0.1) is 0 Å². The third-order valence-corrected chi connectivity index (χ3v) is 4.95. The summed E-state index contributed by atoms with van der Waals surface area (Å²) in [5.41, 5.74) is 4.91. The molecule has 0 aliphatic carbocycles. The summed E-state index contributed by atoms with van der Waals surface area (Å²) in [6.07, 6.45) is 14.4. The van der Waals surface area contributed by atoms with Gasteiger partial charge in [-0.2, -0.15) is 0 Å². The lowest BCUT2D eigenvalue weighted by Crippen LogP contribution is -2.25. The van der Waals surface area contributed by atoms with E-state index in [-0.39, 0.29) is 5.56 Å². The minimum atomic E-state index is -0.197. The summed E-state index contributed by atoms with van der Waals surface area (Å²) >= 11 is 0. The van der Waals surface area contributed by atoms with Gasteiger partial charge in [-0.25, -0.2) is 19.9 Å². The molecule has 0 bridgehead atoms. The Morgan fingerprint density at radius 2 is 1.69 bits per heavy atom. The Hall–Kier alpha value is -4.52. The van der Waals surface area contributed by atoms with E-state index in [4.69, 9.17) is 0 Å². The zero-order chi connectivity index (χ0) is 21.8. The van der Waals surface area contributed by atoms with Crippen molar-refractivity contribution in [1.82, 2.24) is 29.5 Å². The number of nitrogens with zero attached hydrogens (tertiary/aromatic N) is 6. The lowest BCUT2D eigenvalue weighted by atomic mass is 10.1. The maximum atomic E-state index is 13.5. The number of hydrogen-bond donors (Lipinski definition) is 0. The zero-order valence-corrected chi connectivity index (χ0v) is 17.0. The molecule has 5 rings (SSSR count). The lowest BCUT2D eigenvalue weighted by molar-refractivity contribution is 0.924. The van der Waals surface area contributed by atoms with Crippen LogP contribution in [-0.2, 0) is 6.42 Å². The van der Waals surface area contributed by atoms with E-state index in [1.165, 1.54) is 6.33 Å². The molecule has 7 heteroatoms. The van der Waals surface area contributed by atoms with Gasteiger partial charge in [0.05, 0.1) is 5.69 Å². The Bertz CT molecular complexity index is 1460. The Balaban J connectivity index is 1.61. The normalized spacial score (nSPS) is 11.2. The van der Waals surface area contributed by atoms with Crippen molar-refractivity contribution in [2.24, 2.45) is 0 Å². The van der Waals surface area contributed by atoms with Gasteiger partial charge in [0.1, 0.15) is 17.5 Å². The van der Waals surface area contributed by atoms with Crippen LogP contribution in [0.25, 0.3) is 29.0 Å². The van der Waals surface area contributed by atoms with Crippen molar-refractivity contribution < 1.29 is 0 Å². The first kappa shape index (κ1) is 19.4. The molecule has 0 spiro atoms. The molecule has 154 valence electrons. The second kappa shape index (κ2) is 8.69. The minimum absolute atomic E-state index is 0.197. The van der Waals surface area contributed by atoms with Crippen molar-refractivity contribution in [1.29, 1.82) is 0 Å². The molecule has 0 aliphatic heterocycles. The number of hydrogen-bond acceptors (Lipinski definition) is 6. The van der Waals surface area contributed by atoms with Crippen LogP contribution in [0.2, 0.25) is 0 Å². The molecular weight excluding hydrogens is 400 g/mol. The first-order valence-electron chi connectivity index (χ1n) is 10.1. The largest absolute Gasteiger partial charge is 0.278 e. The Labute approximate surface area is 183 Å². The first-order chi connectivity index (χ1) is 15.8. The van der Waals surface area contributed by atoms with Gasteiger partial charge in [-0.05, 0) is 41.5 Å². The molecule has 0 atom stereocenters. The van der Waals surface area contributed by atoms with Gasteiger partial charge in [-0.15, -0.1) is 0 Å². The molecule has 32 heavy (non-hydrogen) atoms. The van der Waals surface area contributed by atoms with E-state index in [1.54, 1.807) is 35.6 Å². The lowest BCUT2D eigenvalue weighted by Gasteiger charge is -2.12. The van der Waals surface area contributed by atoms with E-state index in [2.05, 4.69) is 24.9 Å². The summed E-state index contributed by atoms with van der Waals surface area (Å²) in [4.78, 5) is 34.7. The molecule has 0 amide bonds. The van der Waals surface area contributed by atoms with Crippen molar-refractivity contribution in [2.75, 3.05) is 0 Å². The maximum absolute atomic E-state index is 13.5. The minimum Gasteiger partial charge on any atom is -0.267 e. The fourth-order valence-electron chi connectivity index (χ4n) is 3.47. The number of rotatable bonds is 5. The number of fused-ring (bicyclic) bond motifs is 1. The van der Waals surface area contributed by atoms with Gasteiger partial charge in [-0.1, -0.05) is 30.4 Å². The van der Waals surface area contributed by atoms with E-state index in [0.717, 1.165) is 22.4 Å². The smallest absolute Gasteiger partial charge is 0.267 e. The van der Waals surface area contributed by atoms with E-state index in [0.29, 0.717) is 23.3 Å². The predicted molar refractivity (Wildman–Crippen MR) is 123 cm³/mol. The van der Waals surface area contributed by atoms with Crippen molar-refractivity contribution >= 4 is 23.3 Å². The molecule has 1 aromatic carbocycles. The fourth-order valence-corrected chi connectivity index (χ4v) is 3.47. The second-order valence-corrected chi connectivity index (χ2v) is 7.18. The Kier molecular flexibility index (Phi) is 5.28. The topological polar surface area (TPSA) is 86.5 Å². The highest BCUT2D eigenvalue weighted by molar-refractivity contribution is 5.74. The average Bonchev–Trinajstić information content (AvgIpc) is 2.85. The van der Waals surface area contributed by atoms with Crippen LogP contribution in [0.15, 0.2) is 90.6 Å². The van der Waals surface area contributed by atoms with Crippen LogP contribution in [0.5, 0.6) is 0 Å². The van der Waals surface area contributed by atoms with E-state index in [1.807, 2.05) is 60.7 Å². The molecule has 0 saturated carbocycles. The van der Waals surface area contributed by atoms with Crippen molar-refractivity contribution in [3.63, 3.8) is 0 Å². The summed E-state index contributed by atoms with van der Waals surface area (Å²) in [6, 6.07) is 15.2. The first-order valence-corrected chi connectivity index (χ1v) is 10.1. The predicted octanol–water partition coefficient (Wildman–Crippen LogP) is 3.73. The van der Waals surface area contributed by atoms with Crippen molar-refractivity contribution in [3.05, 3.63) is 119 Å². The number of aromatic nitrogens is 6. The highest BCUT2D eigenvalue weighted by atomic mass is 16.1. The molecule has 4 heterocycles. The van der Waals surface area contributed by atoms with Gasteiger partial charge in [-0.3, -0.25) is 14.3 Å². The van der Waals surface area contributed by atoms with Gasteiger partial charge < -0.3 is 0 Å². The highest BCUT2D eigenvalue weighted by Gasteiger charge is 2.14. The van der Waals surface area contributed by atoms with Crippen LogP contribution in [0.3, 0.4) is 0 Å². The highest BCUT2D eigenvalue weighted by Crippen LogP contribution is 2.17. The van der Waals surface area contributed by atoms with Crippen LogP contribution >= 0.6 is 0 Å². The molecule has 0 saturated heterocycles. The van der Waals surface area contributed by atoms with E-state index >= 15 is 0 Å². The maximum Gasteiger partial charge on any atom is 0.278 e. The monoisotopic (exact) mass is 418 g/mol. The summed E-state index contributed by atoms with van der Waals surface area (Å²) in [5.74, 6) is 0. The van der Waals surface area contributed by atoms with Gasteiger partial charge in [0.2, 0.25) is 0 Å². The third kappa shape index (κ3) is 4.04. The third-order valence-electron chi connectivity index (χ3n) is 4.95. The van der Waals surface area contributed by atoms with Crippen LogP contribution < -0.4 is 5.56 Å². The molecule has 0 radical (unpaired) electrons. The van der Waals surface area contributed by atoms with Crippen molar-refractivity contribution in [2.45, 2.75) is 6.42 Å². The molecule has 0 N–H and O–H groups in total. The fraction of sp³-hybridized carbons (Fsp3) is 0.0400. The summed E-state index contributed by atoms with van der Waals surface area (Å²) in [7, 11) is 0. The zero-order valence-electron chi connectivity index (χ0n) is 17.0. The van der Waals surface area contributed by atoms with Gasteiger partial charge in [0.25, 0.3) is 5.56 Å². The Morgan fingerprint density at radius 1 is 0.844 bits per heavy atom. The summed E-state index contributed by atoms with van der Waals surface area (Å²) < 4.78 is 1.62. The number of benzene rings is 1. The SMILES string of the molecule is O=c1c(Cc2cccnc2)nc2cccnc2n1-c1cccc(C=Cc2cncnc2)c1. The summed E-state index contributed by atoms with van der Waals surface area (Å²) in [5, 5.41) is 0. The van der Waals surface area contributed by atoms with Gasteiger partial charge in [0, 0.05) is 43.0 Å². The summed E-state index contributed by atoms with van der Waals surface area (Å²) in [6.45, 7) is 0. The van der Waals surface area contributed by atoms with E-state index in [9.17, 15) is 4.79 Å². The Morgan fingerprint density at radius 3 is 2.53 bits per heavy atom. The van der Waals surface area contributed by atoms with Gasteiger partial charge in [0.15, 0.2) is 5.65 Å². The quantitative estimate of drug-likeness (QED) is 0.432. The van der Waals surface area contributed by atoms with E-state index < -0.39 is 0 Å². The molecule has 0 fully saturated rings. The standard InChI is InChI=1S/C25H18N6O/c32-25-23(13-19-5-2-10-26-14-19)30-22-7-3-11-29-24(22)31(25)21-6-1-4-18(12-21)8-9-20-15-27-17-28-16-20/h1-12,14-17H,13H2. The second-order valence-electron chi connectivity index (χ2n) is 7.18. The van der Waals surface area contributed by atoms with Gasteiger partial charge >= 0.3 is 0 Å². The molecule has 0 aliphatic rings. The average molecular weight is 418 g/mol. The molecule has 4 aromatic heterocycles. The van der Waals surface area contributed by atoms with Crippen LogP contribution in [0.4, 0.5) is 0 Å².